The minimum absolute atomic E-state index is 0.00727. The molecule has 1 saturated carbocycles. The number of aliphatic hydroxyl groups excluding tert-OH is 1. The van der Waals surface area contributed by atoms with Crippen LogP contribution in [0.1, 0.15) is 132 Å². The first kappa shape index (κ1) is 68.7. The van der Waals surface area contributed by atoms with E-state index in [4.69, 9.17) is 28.4 Å². The number of allylic oxidation sites excluding steroid dienone is 6. The zero-order chi connectivity index (χ0) is 60.1. The number of aliphatic hydroxyl groups is 3. The highest BCUT2D eigenvalue weighted by atomic mass is 31.2. The fourth-order valence-corrected chi connectivity index (χ4v) is 13.4. The molecule has 25 heteroatoms. The number of carbonyl (C=O) groups is 6. The van der Waals surface area contributed by atoms with E-state index in [0.29, 0.717) is 56.9 Å². The van der Waals surface area contributed by atoms with Gasteiger partial charge in [-0.05, 0) is 107 Å². The predicted octanol–water partition coefficient (Wildman–Crippen LogP) is 5.31. The summed E-state index contributed by atoms with van der Waals surface area (Å²) in [6, 6.07) is -1.27. The van der Waals surface area contributed by atoms with Crippen molar-refractivity contribution in [3.8, 4) is 0 Å². The van der Waals surface area contributed by atoms with Crippen molar-refractivity contribution >= 4 is 50.5 Å². The Balaban J connectivity index is 1.64. The molecule has 454 valence electrons. The summed E-state index contributed by atoms with van der Waals surface area (Å²) in [6.45, 7) is 11.4. The van der Waals surface area contributed by atoms with Gasteiger partial charge < -0.3 is 73.5 Å². The number of nitrogens with zero attached hydrogens (tertiary/aromatic N) is 1. The van der Waals surface area contributed by atoms with Crippen molar-refractivity contribution in [3.63, 3.8) is 0 Å². The molecule has 23 nitrogen and oxygen atoms in total. The van der Waals surface area contributed by atoms with Gasteiger partial charge in [0.15, 0.2) is 5.78 Å². The van der Waals surface area contributed by atoms with Crippen LogP contribution in [-0.2, 0) is 61.5 Å². The number of hydrogen-bond acceptors (Lipinski definition) is 17. The lowest BCUT2D eigenvalue weighted by molar-refractivity contribution is -0.265. The van der Waals surface area contributed by atoms with Crippen LogP contribution in [-0.4, -0.2) is 169 Å². The maximum Gasteiger partial charge on any atom is 0.407 e. The van der Waals surface area contributed by atoms with E-state index >= 15 is 0 Å². The van der Waals surface area contributed by atoms with Gasteiger partial charge >= 0.3 is 27.3 Å². The van der Waals surface area contributed by atoms with Crippen molar-refractivity contribution in [1.82, 2.24) is 10.2 Å². The molecule has 2 bridgehead atoms. The molecule has 0 radical (unpaired) electrons. The summed E-state index contributed by atoms with van der Waals surface area (Å²) in [5.74, 6) is -9.36. The Kier molecular flexibility index (Phi) is 25.9. The topological polar surface area (TPSA) is 349 Å². The summed E-state index contributed by atoms with van der Waals surface area (Å²) in [6.07, 6.45) is 5.64. The van der Waals surface area contributed by atoms with Gasteiger partial charge in [-0.2, -0.15) is 0 Å². The third-order valence-electron chi connectivity index (χ3n) is 16.4. The number of amides is 2. The number of esters is 1. The molecule has 3 heterocycles. The van der Waals surface area contributed by atoms with Crippen molar-refractivity contribution in [2.45, 2.75) is 192 Å². The molecule has 4 aliphatic rings. The molecule has 3 fully saturated rings. The van der Waals surface area contributed by atoms with Gasteiger partial charge in [0.1, 0.15) is 36.2 Å². The van der Waals surface area contributed by atoms with Crippen molar-refractivity contribution in [2.75, 3.05) is 34.4 Å². The highest BCUT2D eigenvalue weighted by molar-refractivity contribution is 7.72. The molecular weight excluding hydrogens is 1090 g/mol. The lowest BCUT2D eigenvalue weighted by Crippen LogP contribution is -2.61. The van der Waals surface area contributed by atoms with Crippen LogP contribution in [0, 0.1) is 35.5 Å². The second-order valence-electron chi connectivity index (χ2n) is 22.5. The van der Waals surface area contributed by atoms with Crippen LogP contribution in [0.5, 0.6) is 0 Å². The highest BCUT2D eigenvalue weighted by Crippen LogP contribution is 2.68. The first-order chi connectivity index (χ1) is 37.3. The van der Waals surface area contributed by atoms with Gasteiger partial charge in [0.2, 0.25) is 5.79 Å². The standard InChI is InChI=1S/C55H88N2O21P2/c1-32-16-12-11-13-17-33(2)44(73-8)30-40-21-19-38(7)55(66,78-40)50(61)51(62)57-25-15-14-18-41(57)52(63)76-45(31-42(58)34(3)27-37(6)48(60)49(75-10)47(59)36(5)26-32)35(4)28-39-20-22-43(46(29-39)74-9)77-53(64)56-24-23-54(65,79(67,68)69)80(70,71)72/h11-13,16-17,27,32,34-36,38-41,43-46,48-49,60,65-66H,14-15,18-26,28-31H2,1-10H3,(H,56,64)(H2,67,68,69)(H2,70,71,72)/b13-11+,16-12+,33-17+,37-27+/t32-,34-,35-,36-,38-,39+,40+,41?,43-,44+,45+,46-,48-,49+,55-/m1/s1. The second kappa shape index (κ2) is 30.1. The normalized spacial score (nSPS) is 35.6. The molecule has 8 N–H and O–H groups in total. The number of ether oxygens (including phenoxy) is 6. The number of Topliss-reactive ketones (excluding diaryl/α,β-unsaturated/α-hetero) is 3. The van der Waals surface area contributed by atoms with Crippen molar-refractivity contribution < 1.29 is 101 Å². The molecule has 2 saturated heterocycles. The van der Waals surface area contributed by atoms with Gasteiger partial charge in [0.05, 0.1) is 18.3 Å². The molecule has 1 aliphatic carbocycles. The molecular formula is C55H88N2O21P2. The predicted molar refractivity (Wildman–Crippen MR) is 291 cm³/mol. The van der Waals surface area contributed by atoms with E-state index in [1.165, 1.54) is 27.4 Å². The van der Waals surface area contributed by atoms with E-state index in [2.05, 4.69) is 5.32 Å². The van der Waals surface area contributed by atoms with E-state index in [9.17, 15) is 72.8 Å². The first-order valence-corrected chi connectivity index (χ1v) is 30.8. The fourth-order valence-electron chi connectivity index (χ4n) is 11.2. The van der Waals surface area contributed by atoms with E-state index in [0.717, 1.165) is 10.5 Å². The van der Waals surface area contributed by atoms with Crippen LogP contribution in [0.25, 0.3) is 0 Å². The second-order valence-corrected chi connectivity index (χ2v) is 26.5. The van der Waals surface area contributed by atoms with Crippen LogP contribution < -0.4 is 5.32 Å². The Hall–Kier alpha value is -3.80. The van der Waals surface area contributed by atoms with Crippen LogP contribution in [0.4, 0.5) is 4.79 Å². The number of ketones is 3. The van der Waals surface area contributed by atoms with Crippen molar-refractivity contribution in [2.24, 2.45) is 35.5 Å². The quantitative estimate of drug-likeness (QED) is 0.0531. The van der Waals surface area contributed by atoms with Gasteiger partial charge in [0.25, 0.3) is 16.8 Å². The third-order valence-corrected chi connectivity index (χ3v) is 20.3. The maximum atomic E-state index is 14.6. The zero-order valence-electron chi connectivity index (χ0n) is 47.8. The van der Waals surface area contributed by atoms with Gasteiger partial charge in [0, 0.05) is 71.4 Å². The number of methoxy groups -OCH3 is 3. The lowest BCUT2D eigenvalue weighted by Gasteiger charge is -2.42. The number of rotatable bonds is 12. The molecule has 80 heavy (non-hydrogen) atoms. The monoisotopic (exact) mass is 1170 g/mol. The summed E-state index contributed by atoms with van der Waals surface area (Å²) in [5.41, 5.74) is 1.13. The molecule has 0 aromatic heterocycles. The highest BCUT2D eigenvalue weighted by Gasteiger charge is 2.59. The Morgan fingerprint density at radius 3 is 2.16 bits per heavy atom. The largest absolute Gasteiger partial charge is 0.460 e. The van der Waals surface area contributed by atoms with E-state index in [1.807, 2.05) is 44.2 Å². The number of fused-ring (bicyclic) bond motifs is 3. The van der Waals surface area contributed by atoms with E-state index < -0.39 is 135 Å². The van der Waals surface area contributed by atoms with E-state index in [-0.39, 0.29) is 55.6 Å². The van der Waals surface area contributed by atoms with Gasteiger partial charge in [-0.25, -0.2) is 9.59 Å². The summed E-state index contributed by atoms with van der Waals surface area (Å²) < 4.78 is 58.6. The molecule has 4 rings (SSSR count). The average Bonchev–Trinajstić information content (AvgIpc) is 3.42. The third kappa shape index (κ3) is 17.9. The van der Waals surface area contributed by atoms with Crippen LogP contribution >= 0.6 is 15.2 Å². The van der Waals surface area contributed by atoms with E-state index in [1.54, 1.807) is 34.6 Å². The van der Waals surface area contributed by atoms with Crippen LogP contribution in [0.3, 0.4) is 0 Å². The number of hydrogen-bond donors (Lipinski definition) is 8. The van der Waals surface area contributed by atoms with Gasteiger partial charge in [-0.15, -0.1) is 0 Å². The molecule has 0 aromatic carbocycles. The Bertz CT molecular complexity index is 2360. The van der Waals surface area contributed by atoms with Gasteiger partial charge in [-0.1, -0.05) is 71.1 Å². The minimum atomic E-state index is -5.77. The Labute approximate surface area is 469 Å². The Morgan fingerprint density at radius 2 is 1.54 bits per heavy atom. The molecule has 3 aliphatic heterocycles. The Morgan fingerprint density at radius 1 is 0.863 bits per heavy atom. The average molecular weight is 1180 g/mol. The zero-order valence-corrected chi connectivity index (χ0v) is 49.6. The molecule has 15 atom stereocenters. The number of piperidine rings is 1. The summed E-state index contributed by atoms with van der Waals surface area (Å²) in [4.78, 5) is 123. The van der Waals surface area contributed by atoms with Crippen LogP contribution in [0.15, 0.2) is 47.6 Å². The summed E-state index contributed by atoms with van der Waals surface area (Å²) >= 11 is 0. The number of nitrogens with one attached hydrogen (secondary N) is 1. The smallest absolute Gasteiger partial charge is 0.407 e. The number of carbonyl (C=O) groups excluding carboxylic acids is 6. The minimum Gasteiger partial charge on any atom is -0.460 e. The lowest BCUT2D eigenvalue weighted by atomic mass is 9.78. The van der Waals surface area contributed by atoms with Gasteiger partial charge in [-0.3, -0.25) is 28.3 Å². The fraction of sp³-hybridized carbons (Fsp3) is 0.745. The van der Waals surface area contributed by atoms with Crippen LogP contribution in [0.2, 0.25) is 0 Å². The molecule has 2 amide bonds. The summed E-state index contributed by atoms with van der Waals surface area (Å²) in [7, 11) is -7.27. The number of alkyl carbamates (subject to hydrolysis) is 1. The SMILES string of the molecule is CO[C@H]1C[C@@H]2CC[C@@H](C)[C@@](O)(O2)C(=O)C(=O)N2CCCCC2C(=O)O[C@H]([C@H](C)C[C@@H]2CC[C@@H](OC(=O)NCCC(O)(P(=O)(O)O)P(=O)(O)O)[C@H](OC)C2)CC(=O)[C@H](C)/C=C(\C)[C@@H](O)[C@@H](OC)C(=O)[C@H](C)C[C@H](C)/C=C/C=C/C=C/1C. The first-order valence-electron chi connectivity index (χ1n) is 27.6. The molecule has 1 unspecified atom stereocenters. The molecule has 0 spiro atoms. The van der Waals surface area contributed by atoms with Crippen molar-refractivity contribution in [3.05, 3.63) is 47.6 Å². The molecule has 0 aromatic rings. The number of cyclic esters (lactones) is 1. The summed E-state index contributed by atoms with van der Waals surface area (Å²) in [5, 5.41) is 32.1. The van der Waals surface area contributed by atoms with Crippen molar-refractivity contribution in [1.29, 1.82) is 0 Å². The maximum absolute atomic E-state index is 14.6.